The number of para-hydroxylation sites is 1. The van der Waals surface area contributed by atoms with Crippen LogP contribution in [-0.2, 0) is 16.6 Å². The largest absolute Gasteiger partial charge is 0.494 e. The second-order valence-corrected chi connectivity index (χ2v) is 11.2. The van der Waals surface area contributed by atoms with Crippen LogP contribution in [0.2, 0.25) is 0 Å². The first-order valence-electron chi connectivity index (χ1n) is 11.9. The zero-order valence-corrected chi connectivity index (χ0v) is 22.7. The number of thiazole rings is 1. The van der Waals surface area contributed by atoms with Crippen molar-refractivity contribution in [2.45, 2.75) is 24.3 Å². The van der Waals surface area contributed by atoms with Crippen molar-refractivity contribution < 1.29 is 17.9 Å². The summed E-state index contributed by atoms with van der Waals surface area (Å²) in [6.45, 7) is 0.146. The number of methoxy groups -OCH3 is 1. The second-order valence-electron chi connectivity index (χ2n) is 8.30. The molecule has 0 unspecified atom stereocenters. The number of hydrogen-bond acceptors (Lipinski definition) is 9. The van der Waals surface area contributed by atoms with Gasteiger partial charge in [0.1, 0.15) is 11.3 Å². The molecule has 0 atom stereocenters. The number of ether oxygens (including phenoxy) is 1. The van der Waals surface area contributed by atoms with E-state index in [1.807, 2.05) is 30.3 Å². The summed E-state index contributed by atoms with van der Waals surface area (Å²) >= 11 is 1.34. The van der Waals surface area contributed by atoms with Gasteiger partial charge in [-0.1, -0.05) is 23.5 Å². The molecule has 1 amide bonds. The fraction of sp³-hybridized carbons (Fsp3) is 0.222. The zero-order chi connectivity index (χ0) is 27.8. The fourth-order valence-electron chi connectivity index (χ4n) is 3.87. The van der Waals surface area contributed by atoms with E-state index < -0.39 is 10.0 Å². The molecule has 0 spiro atoms. The van der Waals surface area contributed by atoms with E-state index in [0.717, 1.165) is 14.6 Å². The minimum atomic E-state index is -3.96. The molecule has 198 valence electrons. The Morgan fingerprint density at radius 3 is 2.36 bits per heavy atom. The van der Waals surface area contributed by atoms with Crippen molar-refractivity contribution in [2.24, 2.45) is 0 Å². The van der Waals surface area contributed by atoms with Crippen molar-refractivity contribution in [2.75, 3.05) is 25.1 Å². The highest BCUT2D eigenvalue weighted by Gasteiger charge is 2.26. The van der Waals surface area contributed by atoms with Gasteiger partial charge in [-0.05, 0) is 48.0 Å². The lowest BCUT2D eigenvalue weighted by atomic mass is 10.2. The van der Waals surface area contributed by atoms with E-state index in [9.17, 15) is 13.2 Å². The van der Waals surface area contributed by atoms with Gasteiger partial charge in [-0.25, -0.2) is 13.4 Å². The van der Waals surface area contributed by atoms with Crippen LogP contribution in [0.3, 0.4) is 0 Å². The normalized spacial score (nSPS) is 11.2. The van der Waals surface area contributed by atoms with Crippen molar-refractivity contribution in [1.82, 2.24) is 14.3 Å². The minimum absolute atomic E-state index is 0.00250. The Bertz CT molecular complexity index is 1620. The lowest BCUT2D eigenvalue weighted by molar-refractivity contribution is 0.0985. The molecule has 0 aliphatic carbocycles. The van der Waals surface area contributed by atoms with E-state index in [1.165, 1.54) is 40.5 Å². The molecule has 0 saturated heterocycles. The number of hydrogen-bond donors (Lipinski definition) is 0. The molecule has 2 aromatic carbocycles. The summed E-state index contributed by atoms with van der Waals surface area (Å²) in [6.07, 6.45) is 3.31. The monoisotopic (exact) mass is 560 g/mol. The molecule has 12 heteroatoms. The maximum Gasteiger partial charge on any atom is 0.260 e. The molecule has 10 nitrogen and oxygen atoms in total. The summed E-state index contributed by atoms with van der Waals surface area (Å²) in [4.78, 5) is 24.1. The molecule has 0 N–H and O–H groups in total. The van der Waals surface area contributed by atoms with Crippen LogP contribution in [0.4, 0.5) is 5.13 Å². The van der Waals surface area contributed by atoms with E-state index in [-0.39, 0.29) is 48.8 Å². The smallest absolute Gasteiger partial charge is 0.260 e. The van der Waals surface area contributed by atoms with Crippen LogP contribution >= 0.6 is 11.3 Å². The van der Waals surface area contributed by atoms with Crippen LogP contribution in [0.5, 0.6) is 5.75 Å². The predicted molar refractivity (Wildman–Crippen MR) is 147 cm³/mol. The number of aromatic nitrogens is 2. The Labute approximate surface area is 230 Å². The first-order chi connectivity index (χ1) is 18.9. The summed E-state index contributed by atoms with van der Waals surface area (Å²) in [5.74, 6) is 0.224. The molecule has 2 heterocycles. The summed E-state index contributed by atoms with van der Waals surface area (Å²) in [5.41, 5.74) is 1.70. The number of carbonyl (C=O) groups excluding carboxylic acids is 1. The van der Waals surface area contributed by atoms with Crippen LogP contribution in [0, 0.1) is 22.7 Å². The number of pyridine rings is 1. The molecule has 0 bridgehead atoms. The van der Waals surface area contributed by atoms with Crippen molar-refractivity contribution in [3.8, 4) is 17.9 Å². The van der Waals surface area contributed by atoms with E-state index in [0.29, 0.717) is 16.4 Å². The Kier molecular flexibility index (Phi) is 8.84. The third kappa shape index (κ3) is 6.21. The van der Waals surface area contributed by atoms with E-state index in [2.05, 4.69) is 9.97 Å². The van der Waals surface area contributed by atoms with Gasteiger partial charge in [0.25, 0.3) is 5.91 Å². The highest BCUT2D eigenvalue weighted by Crippen LogP contribution is 2.35. The number of amides is 1. The van der Waals surface area contributed by atoms with Gasteiger partial charge >= 0.3 is 0 Å². The van der Waals surface area contributed by atoms with Crippen molar-refractivity contribution in [1.29, 1.82) is 10.5 Å². The SMILES string of the molecule is COc1cccc2sc(N(Cc3cccnc3)C(=O)c3ccc(S(=O)(=O)N(CCC#N)CCC#N)cc3)nc12. The Morgan fingerprint density at radius 2 is 1.74 bits per heavy atom. The van der Waals surface area contributed by atoms with Crippen molar-refractivity contribution in [3.63, 3.8) is 0 Å². The number of sulfonamides is 1. The van der Waals surface area contributed by atoms with Gasteiger partial charge < -0.3 is 4.74 Å². The highest BCUT2D eigenvalue weighted by atomic mass is 32.2. The molecule has 0 radical (unpaired) electrons. The summed E-state index contributed by atoms with van der Waals surface area (Å²) in [7, 11) is -2.40. The average molecular weight is 561 g/mol. The lowest BCUT2D eigenvalue weighted by Gasteiger charge is -2.21. The topological polar surface area (TPSA) is 140 Å². The van der Waals surface area contributed by atoms with Crippen LogP contribution < -0.4 is 9.64 Å². The third-order valence-corrected chi connectivity index (χ3v) is 8.77. The van der Waals surface area contributed by atoms with E-state index >= 15 is 0 Å². The first-order valence-corrected chi connectivity index (χ1v) is 14.1. The number of fused-ring (bicyclic) bond motifs is 1. The number of rotatable bonds is 11. The van der Waals surface area contributed by atoms with E-state index in [4.69, 9.17) is 15.3 Å². The molecule has 4 aromatic rings. The van der Waals surface area contributed by atoms with Gasteiger partial charge in [-0.3, -0.25) is 14.7 Å². The molecular weight excluding hydrogens is 536 g/mol. The number of benzene rings is 2. The van der Waals surface area contributed by atoms with Gasteiger partial charge in [0.2, 0.25) is 10.0 Å². The van der Waals surface area contributed by atoms with Crippen LogP contribution in [0.25, 0.3) is 10.2 Å². The molecular formula is C27H24N6O4S2. The fourth-order valence-corrected chi connectivity index (χ4v) is 6.29. The molecule has 39 heavy (non-hydrogen) atoms. The maximum atomic E-state index is 13.8. The molecule has 0 fully saturated rings. The summed E-state index contributed by atoms with van der Waals surface area (Å²) in [6, 6.07) is 18.7. The Morgan fingerprint density at radius 1 is 1.03 bits per heavy atom. The average Bonchev–Trinajstić information content (AvgIpc) is 3.40. The molecule has 0 aliphatic rings. The first kappa shape index (κ1) is 27.7. The van der Waals surface area contributed by atoms with Gasteiger partial charge in [0.15, 0.2) is 5.13 Å². The number of nitriles is 2. The van der Waals surface area contributed by atoms with Gasteiger partial charge in [0, 0.05) is 43.9 Å². The molecule has 0 saturated carbocycles. The predicted octanol–water partition coefficient (Wildman–Crippen LogP) is 4.36. The van der Waals surface area contributed by atoms with Crippen LogP contribution in [0.1, 0.15) is 28.8 Å². The van der Waals surface area contributed by atoms with Crippen LogP contribution in [-0.4, -0.2) is 48.8 Å². The lowest BCUT2D eigenvalue weighted by Crippen LogP contribution is -2.33. The van der Waals surface area contributed by atoms with E-state index in [1.54, 1.807) is 31.6 Å². The third-order valence-electron chi connectivity index (χ3n) is 5.82. The van der Waals surface area contributed by atoms with Crippen molar-refractivity contribution >= 4 is 42.6 Å². The second kappa shape index (κ2) is 12.5. The standard InChI is InChI=1S/C27H24N6O4S2/c1-37-23-7-2-8-24-25(23)31-27(38-24)33(19-20-6-3-15-30-18-20)26(34)21-9-11-22(12-10-21)39(35,36)32(16-4-13-28)17-5-14-29/h2-3,6-12,15,18H,4-5,16-17,19H2,1H3. The van der Waals surface area contributed by atoms with Crippen molar-refractivity contribution in [3.05, 3.63) is 78.1 Å². The number of nitrogens with zero attached hydrogens (tertiary/aromatic N) is 6. The van der Waals surface area contributed by atoms with Gasteiger partial charge in [-0.2, -0.15) is 14.8 Å². The Balaban J connectivity index is 1.68. The number of anilines is 1. The zero-order valence-electron chi connectivity index (χ0n) is 21.0. The quantitative estimate of drug-likeness (QED) is 0.263. The summed E-state index contributed by atoms with van der Waals surface area (Å²) < 4.78 is 33.7. The number of carbonyl (C=O) groups is 1. The molecule has 4 rings (SSSR count). The maximum absolute atomic E-state index is 13.8. The highest BCUT2D eigenvalue weighted by molar-refractivity contribution is 7.89. The van der Waals surface area contributed by atoms with Gasteiger partial charge in [-0.15, -0.1) is 0 Å². The minimum Gasteiger partial charge on any atom is -0.494 e. The molecule has 2 aromatic heterocycles. The molecule has 0 aliphatic heterocycles. The Hall–Kier alpha value is -4.36. The van der Waals surface area contributed by atoms with Crippen LogP contribution in [0.15, 0.2) is 71.9 Å². The summed E-state index contributed by atoms with van der Waals surface area (Å²) in [5, 5.41) is 18.3. The van der Waals surface area contributed by atoms with Gasteiger partial charge in [0.05, 0.1) is 35.4 Å².